The van der Waals surface area contributed by atoms with Crippen molar-refractivity contribution in [3.63, 3.8) is 0 Å². The molecule has 662 valence electrons. The summed E-state index contributed by atoms with van der Waals surface area (Å²) in [5.74, 6) is 2.08. The van der Waals surface area contributed by atoms with E-state index in [0.717, 1.165) is 118 Å². The fraction of sp³-hybridized carbons (Fsp3) is 0. The first-order valence-corrected chi connectivity index (χ1v) is 48.0. The Balaban J connectivity index is 0.000000118. The van der Waals surface area contributed by atoms with Crippen LogP contribution in [-0.4, -0.2) is 44.9 Å². The second kappa shape index (κ2) is 39.7. The Morgan fingerprint density at radius 2 is 0.376 bits per heavy atom. The van der Waals surface area contributed by atoms with Gasteiger partial charge in [-0.2, -0.15) is 0 Å². The van der Waals surface area contributed by atoms with Gasteiger partial charge in [0.15, 0.2) is 17.5 Å². The maximum Gasteiger partial charge on any atom is 0.160 e. The first-order valence-electron chi connectivity index (χ1n) is 47.2. The Kier molecular flexibility index (Phi) is 24.4. The highest BCUT2D eigenvalue weighted by Crippen LogP contribution is 2.43. The molecule has 0 atom stereocenters. The van der Waals surface area contributed by atoms with E-state index in [4.69, 9.17) is 29.9 Å². The average molecular weight is 1820 g/mol. The predicted molar refractivity (Wildman–Crippen MR) is 585 cm³/mol. The van der Waals surface area contributed by atoms with E-state index < -0.39 is 0 Å². The van der Waals surface area contributed by atoms with E-state index in [-0.39, 0.29) is 0 Å². The third-order valence-corrected chi connectivity index (χ3v) is 27.2. The quantitative estimate of drug-likeness (QED) is 0.0828. The highest BCUT2D eigenvalue weighted by molar-refractivity contribution is 7.26. The zero-order valence-corrected chi connectivity index (χ0v) is 77.5. The van der Waals surface area contributed by atoms with E-state index in [2.05, 4.69) is 452 Å². The summed E-state index contributed by atoms with van der Waals surface area (Å²) in [6.45, 7) is 0. The van der Waals surface area contributed by atoms with Crippen LogP contribution in [0.15, 0.2) is 529 Å². The van der Waals surface area contributed by atoms with Crippen LogP contribution < -0.4 is 0 Å². The number of thiophene rings is 1. The minimum absolute atomic E-state index is 0.694. The number of nitrogens with zero attached hydrogens (tertiary/aromatic N) is 9. The minimum atomic E-state index is 0.694. The van der Waals surface area contributed by atoms with Gasteiger partial charge in [-0.15, -0.1) is 11.3 Å². The van der Waals surface area contributed by atoms with Gasteiger partial charge >= 0.3 is 0 Å². The molecule has 25 rings (SSSR count). The van der Waals surface area contributed by atoms with E-state index in [1.807, 2.05) is 103 Å². The number of aromatic nitrogens is 9. The monoisotopic (exact) mass is 1820 g/mol. The van der Waals surface area contributed by atoms with Gasteiger partial charge in [0.05, 0.1) is 34.2 Å². The van der Waals surface area contributed by atoms with Crippen molar-refractivity contribution in [1.29, 1.82) is 0 Å². The van der Waals surface area contributed by atoms with Gasteiger partial charge in [-0.1, -0.05) is 425 Å². The van der Waals surface area contributed by atoms with Crippen LogP contribution in [0.3, 0.4) is 0 Å². The summed E-state index contributed by atoms with van der Waals surface area (Å²) in [5.41, 5.74) is 35.6. The molecule has 0 spiro atoms. The molecule has 141 heavy (non-hydrogen) atoms. The smallest absolute Gasteiger partial charge is 0.160 e. The summed E-state index contributed by atoms with van der Waals surface area (Å²) in [7, 11) is 0. The van der Waals surface area contributed by atoms with Crippen LogP contribution in [0.1, 0.15) is 0 Å². The molecule has 9 nitrogen and oxygen atoms in total. The summed E-state index contributed by atoms with van der Waals surface area (Å²) in [6, 6.07) is 172. The van der Waals surface area contributed by atoms with E-state index in [1.165, 1.54) is 108 Å². The normalized spacial score (nSPS) is 11.1. The lowest BCUT2D eigenvalue weighted by Crippen LogP contribution is -1.96. The lowest BCUT2D eigenvalue weighted by atomic mass is 9.97. The molecule has 0 aliphatic rings. The Bertz CT molecular complexity index is 8390. The lowest BCUT2D eigenvalue weighted by molar-refractivity contribution is 1.18. The van der Waals surface area contributed by atoms with Gasteiger partial charge in [-0.05, 0) is 188 Å². The molecule has 10 heteroatoms. The molecule has 0 bridgehead atoms. The lowest BCUT2D eigenvalue weighted by Gasteiger charge is -2.12. The van der Waals surface area contributed by atoms with E-state index in [1.54, 1.807) is 0 Å². The molecular formula is C131H87N9S. The summed E-state index contributed by atoms with van der Waals surface area (Å²) < 4.78 is 2.63. The molecule has 18 aromatic carbocycles. The van der Waals surface area contributed by atoms with Gasteiger partial charge in [0, 0.05) is 107 Å². The molecule has 0 amide bonds. The van der Waals surface area contributed by atoms with Crippen molar-refractivity contribution in [1.82, 2.24) is 44.9 Å². The fourth-order valence-corrected chi connectivity index (χ4v) is 19.6. The van der Waals surface area contributed by atoms with Gasteiger partial charge in [-0.25, -0.2) is 29.9 Å². The number of hydrogen-bond donors (Lipinski definition) is 0. The van der Waals surface area contributed by atoms with Crippen LogP contribution in [0, 0.1) is 0 Å². The maximum absolute atomic E-state index is 5.13. The van der Waals surface area contributed by atoms with Crippen LogP contribution in [0.4, 0.5) is 0 Å². The Morgan fingerprint density at radius 1 is 0.135 bits per heavy atom. The highest BCUT2D eigenvalue weighted by atomic mass is 32.1. The van der Waals surface area contributed by atoms with Crippen molar-refractivity contribution < 1.29 is 0 Å². The number of benzene rings is 18. The highest BCUT2D eigenvalue weighted by Gasteiger charge is 2.20. The zero-order valence-electron chi connectivity index (χ0n) is 76.7. The third kappa shape index (κ3) is 19.0. The van der Waals surface area contributed by atoms with Gasteiger partial charge in [0.1, 0.15) is 0 Å². The number of hydrogen-bond acceptors (Lipinski definition) is 10. The average Bonchev–Trinajstić information content (AvgIpc) is 1.29. The Morgan fingerprint density at radius 3 is 0.745 bits per heavy atom. The zero-order chi connectivity index (χ0) is 94.0. The standard InChI is InChI=1S/C45H29N3S.2C43H29N3/c1-2-7-30(8-3-1)31-13-19-35(20-14-31)41-29-42(48-45(47-41)37-23-15-32(16-24-37)33-25-27-46-28-26-33)36-21-17-34(18-22-36)38-10-6-11-40-39-9-4-5-12-43(39)49-44(38)40;1-2-7-30(8-3-1)31-13-19-36(20-14-31)41-29-42(46-43(45-41)38-23-15-32(16-24-38)33-25-27-44-28-26-33)37-21-17-35(18-22-37)40-12-6-10-34-9-4-5-11-39(34)40;1-2-6-30(7-3-1)32-10-17-36(18-11-32)41-29-42(46-43(45-41)38-21-14-33(15-22-38)35-24-26-44-27-25-35)37-19-12-34(13-20-37)40-23-16-31-8-4-5-9-39(31)28-40/h1-29H;2*1-29H. The fourth-order valence-electron chi connectivity index (χ4n) is 18.4. The molecule has 0 fully saturated rings. The molecule has 0 unspecified atom stereocenters. The molecule has 0 N–H and O–H groups in total. The predicted octanol–water partition coefficient (Wildman–Crippen LogP) is 34.3. The second-order valence-corrected chi connectivity index (χ2v) is 35.8. The number of fused-ring (bicyclic) bond motifs is 5. The summed E-state index contributed by atoms with van der Waals surface area (Å²) >= 11 is 1.86. The first kappa shape index (κ1) is 86.5. The van der Waals surface area contributed by atoms with Crippen LogP contribution in [0.5, 0.6) is 0 Å². The molecule has 0 saturated carbocycles. The summed E-state index contributed by atoms with van der Waals surface area (Å²) in [5, 5.41) is 7.59. The third-order valence-electron chi connectivity index (χ3n) is 26.0. The summed E-state index contributed by atoms with van der Waals surface area (Å²) in [4.78, 5) is 43.0. The molecule has 0 aliphatic heterocycles. The number of pyridine rings is 3. The van der Waals surface area contributed by atoms with E-state index in [0.29, 0.717) is 17.5 Å². The van der Waals surface area contributed by atoms with Crippen molar-refractivity contribution in [2.45, 2.75) is 0 Å². The molecule has 0 aliphatic carbocycles. The molecule has 7 aromatic heterocycles. The minimum Gasteiger partial charge on any atom is -0.265 e. The van der Waals surface area contributed by atoms with Crippen LogP contribution in [0.2, 0.25) is 0 Å². The van der Waals surface area contributed by atoms with E-state index >= 15 is 0 Å². The maximum atomic E-state index is 5.13. The second-order valence-electron chi connectivity index (χ2n) is 34.8. The van der Waals surface area contributed by atoms with Crippen molar-refractivity contribution in [3.05, 3.63) is 529 Å². The molecule has 25 aromatic rings. The first-order chi connectivity index (χ1) is 69.8. The van der Waals surface area contributed by atoms with Crippen molar-refractivity contribution in [2.24, 2.45) is 0 Å². The Labute approximate surface area is 822 Å². The van der Waals surface area contributed by atoms with Gasteiger partial charge in [-0.3, -0.25) is 15.0 Å². The van der Waals surface area contributed by atoms with Crippen molar-refractivity contribution in [3.8, 4) is 202 Å². The molecular weight excluding hydrogens is 1730 g/mol. The Hall–Kier alpha value is -18.6. The molecule has 0 saturated heterocycles. The molecule has 7 heterocycles. The largest absolute Gasteiger partial charge is 0.265 e. The van der Waals surface area contributed by atoms with Crippen LogP contribution in [-0.2, 0) is 0 Å². The number of rotatable bonds is 18. The topological polar surface area (TPSA) is 116 Å². The van der Waals surface area contributed by atoms with Crippen molar-refractivity contribution in [2.75, 3.05) is 0 Å². The van der Waals surface area contributed by atoms with Crippen LogP contribution in [0.25, 0.3) is 244 Å². The van der Waals surface area contributed by atoms with Gasteiger partial charge < -0.3 is 0 Å². The molecule has 0 radical (unpaired) electrons. The summed E-state index contributed by atoms with van der Waals surface area (Å²) in [6.07, 6.45) is 10.9. The SMILES string of the molecule is c1ccc(-c2ccc(-c3cc(-c4ccc(-c5ccc6ccccc6c5)cc4)nc(-c4ccc(-c5ccncc5)cc4)n3)cc2)cc1.c1ccc(-c2ccc(-c3cc(-c4ccc(-c5cccc6c5sc5ccccc56)cc4)nc(-c4ccc(-c5ccncc5)cc4)n3)cc2)cc1.c1ccc(-c2ccc(-c3cc(-c4ccc(-c5cccc6ccccc56)cc4)nc(-c4ccc(-c5ccncc5)cc4)n3)cc2)cc1. The van der Waals surface area contributed by atoms with Gasteiger partial charge in [0.2, 0.25) is 0 Å². The van der Waals surface area contributed by atoms with E-state index in [9.17, 15) is 0 Å². The van der Waals surface area contributed by atoms with Crippen LogP contribution >= 0.6 is 11.3 Å². The van der Waals surface area contributed by atoms with Gasteiger partial charge in [0.25, 0.3) is 0 Å². The van der Waals surface area contributed by atoms with Crippen molar-refractivity contribution >= 4 is 53.1 Å².